The Morgan fingerprint density at radius 1 is 1.18 bits per heavy atom. The Labute approximate surface area is 93.5 Å². The SMILES string of the molecule is N#CC#N.O=[N+]([O-])c1ccccc1C(F)(F)F. The van der Waals surface area contributed by atoms with Gasteiger partial charge in [0.25, 0.3) is 5.69 Å². The zero-order valence-corrected chi connectivity index (χ0v) is 8.10. The molecule has 1 aromatic carbocycles. The average molecular weight is 243 g/mol. The van der Waals surface area contributed by atoms with Crippen LogP contribution < -0.4 is 0 Å². The first-order valence-corrected chi connectivity index (χ1v) is 3.93. The Bertz CT molecular complexity index is 473. The van der Waals surface area contributed by atoms with Crippen LogP contribution in [0.4, 0.5) is 18.9 Å². The zero-order chi connectivity index (χ0) is 13.5. The van der Waals surface area contributed by atoms with E-state index in [-0.39, 0.29) is 0 Å². The lowest BCUT2D eigenvalue weighted by Gasteiger charge is -2.05. The van der Waals surface area contributed by atoms with E-state index < -0.39 is 22.4 Å². The molecule has 1 rings (SSSR count). The fraction of sp³-hybridized carbons (Fsp3) is 0.111. The number of alkyl halides is 3. The maximum absolute atomic E-state index is 12.1. The van der Waals surface area contributed by atoms with Crippen molar-refractivity contribution in [1.82, 2.24) is 0 Å². The molecule has 0 aliphatic carbocycles. The minimum Gasteiger partial charge on any atom is -0.258 e. The van der Waals surface area contributed by atoms with Crippen LogP contribution in [-0.2, 0) is 6.18 Å². The molecule has 0 N–H and O–H groups in total. The monoisotopic (exact) mass is 243 g/mol. The molecular weight excluding hydrogens is 239 g/mol. The van der Waals surface area contributed by atoms with Crippen LogP contribution in [0.25, 0.3) is 0 Å². The Balaban J connectivity index is 0.000000557. The first-order chi connectivity index (χ1) is 7.84. The van der Waals surface area contributed by atoms with Crippen molar-refractivity contribution >= 4 is 5.69 Å². The molecule has 0 amide bonds. The van der Waals surface area contributed by atoms with Gasteiger partial charge in [-0.15, -0.1) is 0 Å². The van der Waals surface area contributed by atoms with Gasteiger partial charge in [-0.1, -0.05) is 12.1 Å². The van der Waals surface area contributed by atoms with Crippen molar-refractivity contribution in [2.75, 3.05) is 0 Å². The van der Waals surface area contributed by atoms with Crippen molar-refractivity contribution in [2.24, 2.45) is 0 Å². The largest absolute Gasteiger partial charge is 0.422 e. The van der Waals surface area contributed by atoms with Crippen LogP contribution in [0, 0.1) is 32.8 Å². The number of para-hydroxylation sites is 1. The van der Waals surface area contributed by atoms with Crippen LogP contribution in [0.3, 0.4) is 0 Å². The smallest absolute Gasteiger partial charge is 0.258 e. The number of hydrogen-bond acceptors (Lipinski definition) is 4. The van der Waals surface area contributed by atoms with Gasteiger partial charge in [-0.2, -0.15) is 23.7 Å². The third-order valence-electron chi connectivity index (χ3n) is 1.46. The zero-order valence-electron chi connectivity index (χ0n) is 8.10. The summed E-state index contributed by atoms with van der Waals surface area (Å²) in [6.07, 6.45) is -4.68. The van der Waals surface area contributed by atoms with Crippen molar-refractivity contribution in [1.29, 1.82) is 10.5 Å². The third-order valence-corrected chi connectivity index (χ3v) is 1.46. The molecule has 0 heterocycles. The Morgan fingerprint density at radius 3 is 1.94 bits per heavy atom. The molecule has 17 heavy (non-hydrogen) atoms. The van der Waals surface area contributed by atoms with Gasteiger partial charge in [-0.05, 0) is 6.07 Å². The molecule has 8 heteroatoms. The molecule has 0 aliphatic rings. The Morgan fingerprint density at radius 2 is 1.65 bits per heavy atom. The van der Waals surface area contributed by atoms with Crippen LogP contribution in [0.2, 0.25) is 0 Å². The average Bonchev–Trinajstić information content (AvgIpc) is 2.28. The fourth-order valence-electron chi connectivity index (χ4n) is 0.873. The first-order valence-electron chi connectivity index (χ1n) is 3.93. The summed E-state index contributed by atoms with van der Waals surface area (Å²) >= 11 is 0. The standard InChI is InChI=1S/C7H4F3NO2.C2N2/c8-7(9,10)5-3-1-2-4-6(5)11(12)13;3-1-2-4/h1-4H;. The summed E-state index contributed by atoms with van der Waals surface area (Å²) in [7, 11) is 0. The van der Waals surface area contributed by atoms with Crippen LogP contribution in [-0.4, -0.2) is 4.92 Å². The van der Waals surface area contributed by atoms with Gasteiger partial charge in [0.15, 0.2) is 12.1 Å². The Kier molecular flexibility index (Phi) is 5.14. The number of nitrogens with zero attached hydrogens (tertiary/aromatic N) is 3. The van der Waals surface area contributed by atoms with Crippen LogP contribution in [0.5, 0.6) is 0 Å². The second kappa shape index (κ2) is 6.08. The summed E-state index contributed by atoms with van der Waals surface area (Å²) in [5.74, 6) is 0. The number of rotatable bonds is 1. The second-order valence-corrected chi connectivity index (χ2v) is 2.50. The molecule has 0 saturated carbocycles. The van der Waals surface area contributed by atoms with Gasteiger partial charge in [0, 0.05) is 6.07 Å². The third kappa shape index (κ3) is 4.62. The van der Waals surface area contributed by atoms with Gasteiger partial charge in [0.2, 0.25) is 0 Å². The van der Waals surface area contributed by atoms with E-state index in [9.17, 15) is 23.3 Å². The summed E-state index contributed by atoms with van der Waals surface area (Å²) < 4.78 is 36.3. The van der Waals surface area contributed by atoms with E-state index >= 15 is 0 Å². The number of nitro groups is 1. The molecule has 88 valence electrons. The summed E-state index contributed by atoms with van der Waals surface area (Å²) in [5.41, 5.74) is -2.14. The molecule has 0 spiro atoms. The van der Waals surface area contributed by atoms with Crippen molar-refractivity contribution in [2.45, 2.75) is 6.18 Å². The predicted octanol–water partition coefficient (Wildman–Crippen LogP) is 2.65. The van der Waals surface area contributed by atoms with E-state index in [1.165, 1.54) is 18.2 Å². The van der Waals surface area contributed by atoms with Gasteiger partial charge < -0.3 is 0 Å². The molecule has 0 saturated heterocycles. The van der Waals surface area contributed by atoms with E-state index in [1.807, 2.05) is 0 Å². The van der Waals surface area contributed by atoms with Gasteiger partial charge in [0.1, 0.15) is 5.56 Å². The minimum absolute atomic E-state index is 0.679. The normalized spacial score (nSPS) is 9.24. The van der Waals surface area contributed by atoms with E-state index in [1.54, 1.807) is 0 Å². The molecule has 0 aromatic heterocycles. The van der Waals surface area contributed by atoms with Crippen molar-refractivity contribution in [3.63, 3.8) is 0 Å². The lowest BCUT2D eigenvalue weighted by Crippen LogP contribution is -2.08. The van der Waals surface area contributed by atoms with Crippen LogP contribution >= 0.6 is 0 Å². The molecule has 0 unspecified atom stereocenters. The highest BCUT2D eigenvalue weighted by Crippen LogP contribution is 2.35. The van der Waals surface area contributed by atoms with Gasteiger partial charge in [0.05, 0.1) is 4.92 Å². The summed E-state index contributed by atoms with van der Waals surface area (Å²) in [6.45, 7) is 0. The van der Waals surface area contributed by atoms with Crippen LogP contribution in [0.1, 0.15) is 5.56 Å². The maximum Gasteiger partial charge on any atom is 0.422 e. The van der Waals surface area contributed by atoms with Crippen molar-refractivity contribution in [3.8, 4) is 12.1 Å². The number of nitriles is 2. The lowest BCUT2D eigenvalue weighted by atomic mass is 10.2. The lowest BCUT2D eigenvalue weighted by molar-refractivity contribution is -0.388. The highest BCUT2D eigenvalue weighted by Gasteiger charge is 2.37. The van der Waals surface area contributed by atoms with Crippen molar-refractivity contribution in [3.05, 3.63) is 39.9 Å². The molecule has 0 bridgehead atoms. The molecule has 0 aliphatic heterocycles. The summed E-state index contributed by atoms with van der Waals surface area (Å²) in [6, 6.07) is 6.27. The van der Waals surface area contributed by atoms with Crippen molar-refractivity contribution < 1.29 is 18.1 Å². The molecular formula is C9H4F3N3O2. The number of halogens is 3. The quantitative estimate of drug-likeness (QED) is 0.559. The van der Waals surface area contributed by atoms with Crippen LogP contribution in [0.15, 0.2) is 24.3 Å². The summed E-state index contributed by atoms with van der Waals surface area (Å²) in [5, 5.41) is 24.7. The van der Waals surface area contributed by atoms with Gasteiger partial charge in [-0.25, -0.2) is 0 Å². The number of hydrogen-bond donors (Lipinski definition) is 0. The second-order valence-electron chi connectivity index (χ2n) is 2.50. The fourth-order valence-corrected chi connectivity index (χ4v) is 0.873. The highest BCUT2D eigenvalue weighted by atomic mass is 19.4. The Hall–Kier alpha value is -2.61. The molecule has 0 atom stereocenters. The molecule has 1 aromatic rings. The highest BCUT2D eigenvalue weighted by molar-refractivity contribution is 5.41. The van der Waals surface area contributed by atoms with Gasteiger partial charge >= 0.3 is 6.18 Å². The van der Waals surface area contributed by atoms with E-state index in [0.717, 1.165) is 12.1 Å². The topological polar surface area (TPSA) is 90.7 Å². The number of benzene rings is 1. The summed E-state index contributed by atoms with van der Waals surface area (Å²) in [4.78, 5) is 9.12. The first kappa shape index (κ1) is 14.4. The molecule has 5 nitrogen and oxygen atoms in total. The van der Waals surface area contributed by atoms with E-state index in [2.05, 4.69) is 0 Å². The minimum atomic E-state index is -4.68. The predicted molar refractivity (Wildman–Crippen MR) is 49.3 cm³/mol. The molecule has 0 fully saturated rings. The number of nitro benzene ring substituents is 1. The van der Waals surface area contributed by atoms with E-state index in [4.69, 9.17) is 10.5 Å². The maximum atomic E-state index is 12.1. The van der Waals surface area contributed by atoms with E-state index in [0.29, 0.717) is 6.07 Å². The van der Waals surface area contributed by atoms with Gasteiger partial charge in [-0.3, -0.25) is 10.1 Å². The molecule has 0 radical (unpaired) electrons.